The smallest absolute Gasteiger partial charge is 0.271 e. The number of carbonyl (C=O) groups is 1. The molecule has 0 aromatic heterocycles. The van der Waals surface area contributed by atoms with E-state index >= 15 is 0 Å². The van der Waals surface area contributed by atoms with Gasteiger partial charge in [-0.3, -0.25) is 4.79 Å². The molecule has 0 N–H and O–H groups in total. The van der Waals surface area contributed by atoms with Crippen molar-refractivity contribution in [1.29, 1.82) is 0 Å². The summed E-state index contributed by atoms with van der Waals surface area (Å²) in [6.45, 7) is 4.19. The molecule has 3 aromatic carbocycles. The summed E-state index contributed by atoms with van der Waals surface area (Å²) in [5.41, 5.74) is 1.81. The molecular weight excluding hydrogens is 434 g/mol. The van der Waals surface area contributed by atoms with Crippen molar-refractivity contribution in [3.63, 3.8) is 0 Å². The summed E-state index contributed by atoms with van der Waals surface area (Å²) in [7, 11) is -4.14. The number of carbonyl (C=O) groups excluding carboxylic acids is 1. The average Bonchev–Trinajstić information content (AvgIpc) is 2.74. The minimum absolute atomic E-state index is 0.0245. The standard InChI is InChI=1S/C24H22ClNO4S/c1-3-30-22-12-10-21(11-13-22)26(31(28,29)23-14-7-18(2)8-15-23)24(27)16-9-19-5-4-6-20(25)17-19/h4-17H,3H2,1-2H3/b16-9+. The molecule has 0 saturated carbocycles. The van der Waals surface area contributed by atoms with Crippen LogP contribution in [-0.2, 0) is 14.8 Å². The van der Waals surface area contributed by atoms with Gasteiger partial charge in [0.1, 0.15) is 5.75 Å². The molecular formula is C24H22ClNO4S. The quantitative estimate of drug-likeness (QED) is 0.442. The first-order valence-corrected chi connectivity index (χ1v) is 11.5. The number of nitrogens with zero attached hydrogens (tertiary/aromatic N) is 1. The van der Waals surface area contributed by atoms with Crippen LogP contribution in [0.3, 0.4) is 0 Å². The highest BCUT2D eigenvalue weighted by molar-refractivity contribution is 7.93. The van der Waals surface area contributed by atoms with Crippen molar-refractivity contribution in [2.45, 2.75) is 18.7 Å². The van der Waals surface area contributed by atoms with E-state index in [0.717, 1.165) is 9.87 Å². The van der Waals surface area contributed by atoms with Gasteiger partial charge >= 0.3 is 0 Å². The normalized spacial score (nSPS) is 11.5. The van der Waals surface area contributed by atoms with Crippen LogP contribution < -0.4 is 9.04 Å². The Balaban J connectivity index is 2.02. The Morgan fingerprint density at radius 3 is 2.32 bits per heavy atom. The van der Waals surface area contributed by atoms with Gasteiger partial charge in [-0.1, -0.05) is 41.4 Å². The van der Waals surface area contributed by atoms with Crippen LogP contribution in [-0.4, -0.2) is 20.9 Å². The Bertz CT molecular complexity index is 1190. The molecule has 0 aliphatic carbocycles. The van der Waals surface area contributed by atoms with Crippen molar-refractivity contribution in [3.8, 4) is 5.75 Å². The third-order valence-corrected chi connectivity index (χ3v) is 6.38. The van der Waals surface area contributed by atoms with Crippen molar-refractivity contribution in [2.75, 3.05) is 10.9 Å². The van der Waals surface area contributed by atoms with Crippen LogP contribution in [0.25, 0.3) is 6.08 Å². The fraction of sp³-hybridized carbons (Fsp3) is 0.125. The van der Waals surface area contributed by atoms with E-state index in [1.807, 2.05) is 13.8 Å². The van der Waals surface area contributed by atoms with E-state index < -0.39 is 15.9 Å². The van der Waals surface area contributed by atoms with Crippen LogP contribution in [0.2, 0.25) is 5.02 Å². The van der Waals surface area contributed by atoms with Gasteiger partial charge in [0.05, 0.1) is 17.2 Å². The van der Waals surface area contributed by atoms with Crippen LogP contribution in [0, 0.1) is 6.92 Å². The molecule has 0 atom stereocenters. The van der Waals surface area contributed by atoms with Crippen LogP contribution >= 0.6 is 11.6 Å². The molecule has 0 radical (unpaired) electrons. The first kappa shape index (κ1) is 22.6. The minimum atomic E-state index is -4.14. The number of sulfonamides is 1. The molecule has 0 fully saturated rings. The van der Waals surface area contributed by atoms with Gasteiger partial charge in [-0.2, -0.15) is 4.31 Å². The first-order valence-electron chi connectivity index (χ1n) is 9.64. The summed E-state index contributed by atoms with van der Waals surface area (Å²) < 4.78 is 33.0. The topological polar surface area (TPSA) is 63.7 Å². The van der Waals surface area contributed by atoms with Crippen molar-refractivity contribution in [1.82, 2.24) is 0 Å². The van der Waals surface area contributed by atoms with Crippen LogP contribution in [0.5, 0.6) is 5.75 Å². The molecule has 3 aromatic rings. The molecule has 3 rings (SSSR count). The predicted octanol–water partition coefficient (Wildman–Crippen LogP) is 5.48. The number of hydrogen-bond donors (Lipinski definition) is 0. The van der Waals surface area contributed by atoms with Crippen LogP contribution in [0.4, 0.5) is 5.69 Å². The van der Waals surface area contributed by atoms with Crippen molar-refractivity contribution >= 4 is 39.3 Å². The van der Waals surface area contributed by atoms with E-state index in [1.54, 1.807) is 60.7 Å². The number of benzene rings is 3. The van der Waals surface area contributed by atoms with E-state index in [-0.39, 0.29) is 10.6 Å². The Morgan fingerprint density at radius 1 is 1.03 bits per heavy atom. The van der Waals surface area contributed by atoms with Gasteiger partial charge in [0.25, 0.3) is 15.9 Å². The summed E-state index contributed by atoms with van der Waals surface area (Å²) in [6.07, 6.45) is 2.74. The molecule has 0 spiro atoms. The van der Waals surface area contributed by atoms with Crippen molar-refractivity contribution in [2.24, 2.45) is 0 Å². The Morgan fingerprint density at radius 2 is 1.71 bits per heavy atom. The van der Waals surface area contributed by atoms with Crippen LogP contribution in [0.1, 0.15) is 18.1 Å². The number of hydrogen-bond acceptors (Lipinski definition) is 4. The zero-order chi connectivity index (χ0) is 22.4. The molecule has 0 aliphatic rings. The predicted molar refractivity (Wildman–Crippen MR) is 124 cm³/mol. The Kier molecular flexibility index (Phi) is 7.15. The lowest BCUT2D eigenvalue weighted by Gasteiger charge is -2.22. The van der Waals surface area contributed by atoms with E-state index in [4.69, 9.17) is 16.3 Å². The molecule has 31 heavy (non-hydrogen) atoms. The highest BCUT2D eigenvalue weighted by Crippen LogP contribution is 2.27. The van der Waals surface area contributed by atoms with Gasteiger partial charge in [0, 0.05) is 11.1 Å². The number of amides is 1. The SMILES string of the molecule is CCOc1ccc(N(C(=O)/C=C/c2cccc(Cl)c2)S(=O)(=O)c2ccc(C)cc2)cc1. The lowest BCUT2D eigenvalue weighted by Crippen LogP contribution is -2.35. The molecule has 5 nitrogen and oxygen atoms in total. The van der Waals surface area contributed by atoms with Gasteiger partial charge in [-0.25, -0.2) is 8.42 Å². The molecule has 0 unspecified atom stereocenters. The number of halogens is 1. The highest BCUT2D eigenvalue weighted by atomic mass is 35.5. The third kappa shape index (κ3) is 5.54. The number of aryl methyl sites for hydroxylation is 1. The van der Waals surface area contributed by atoms with Crippen LogP contribution in [0.15, 0.2) is 83.8 Å². The van der Waals surface area contributed by atoms with Gasteiger partial charge in [-0.05, 0) is 74.0 Å². The molecule has 1 amide bonds. The Hall–Kier alpha value is -3.09. The molecule has 0 heterocycles. The number of rotatable bonds is 7. The number of anilines is 1. The highest BCUT2D eigenvalue weighted by Gasteiger charge is 2.29. The third-order valence-electron chi connectivity index (χ3n) is 4.41. The monoisotopic (exact) mass is 455 g/mol. The average molecular weight is 456 g/mol. The van der Waals surface area contributed by atoms with Gasteiger partial charge in [0.2, 0.25) is 0 Å². The second-order valence-electron chi connectivity index (χ2n) is 6.74. The second kappa shape index (κ2) is 9.81. The van der Waals surface area contributed by atoms with Gasteiger partial charge < -0.3 is 4.74 Å². The van der Waals surface area contributed by atoms with Crippen molar-refractivity contribution < 1.29 is 17.9 Å². The summed E-state index contributed by atoms with van der Waals surface area (Å²) >= 11 is 5.99. The lowest BCUT2D eigenvalue weighted by atomic mass is 10.2. The molecule has 0 bridgehead atoms. The molecule has 160 valence electrons. The first-order chi connectivity index (χ1) is 14.8. The molecule has 7 heteroatoms. The van der Waals surface area contributed by atoms with Gasteiger partial charge in [-0.15, -0.1) is 0 Å². The Labute approximate surface area is 187 Å². The van der Waals surface area contributed by atoms with E-state index in [0.29, 0.717) is 22.9 Å². The van der Waals surface area contributed by atoms with E-state index in [2.05, 4.69) is 0 Å². The lowest BCUT2D eigenvalue weighted by molar-refractivity contribution is -0.113. The maximum Gasteiger partial charge on any atom is 0.271 e. The molecule has 0 saturated heterocycles. The fourth-order valence-corrected chi connectivity index (χ4v) is 4.48. The van der Waals surface area contributed by atoms with E-state index in [1.165, 1.54) is 24.3 Å². The van der Waals surface area contributed by atoms with E-state index in [9.17, 15) is 13.2 Å². The second-order valence-corrected chi connectivity index (χ2v) is 8.96. The summed E-state index contributed by atoms with van der Waals surface area (Å²) in [6, 6.07) is 19.6. The maximum atomic E-state index is 13.4. The van der Waals surface area contributed by atoms with Crippen molar-refractivity contribution in [3.05, 3.63) is 95.0 Å². The minimum Gasteiger partial charge on any atom is -0.494 e. The molecule has 0 aliphatic heterocycles. The fourth-order valence-electron chi connectivity index (χ4n) is 2.89. The maximum absolute atomic E-state index is 13.4. The summed E-state index contributed by atoms with van der Waals surface area (Å²) in [5, 5.41) is 0.519. The summed E-state index contributed by atoms with van der Waals surface area (Å²) in [4.78, 5) is 13.1. The number of ether oxygens (including phenoxy) is 1. The largest absolute Gasteiger partial charge is 0.494 e. The van der Waals surface area contributed by atoms with Gasteiger partial charge in [0.15, 0.2) is 0 Å². The zero-order valence-electron chi connectivity index (χ0n) is 17.2. The summed E-state index contributed by atoms with van der Waals surface area (Å²) in [5.74, 6) is -0.120. The zero-order valence-corrected chi connectivity index (χ0v) is 18.7.